The van der Waals surface area contributed by atoms with E-state index < -0.39 is 11.9 Å². The van der Waals surface area contributed by atoms with Crippen LogP contribution in [0, 0.1) is 5.92 Å². The van der Waals surface area contributed by atoms with Crippen molar-refractivity contribution in [3.63, 3.8) is 0 Å². The summed E-state index contributed by atoms with van der Waals surface area (Å²) in [6, 6.07) is 4.98. The van der Waals surface area contributed by atoms with Crippen molar-refractivity contribution in [3.05, 3.63) is 29.3 Å². The average molecular weight is 347 g/mol. The molecule has 0 bridgehead atoms. The third-order valence-electron chi connectivity index (χ3n) is 3.80. The Balaban J connectivity index is 1.96. The van der Waals surface area contributed by atoms with Gasteiger partial charge in [-0.2, -0.15) is 0 Å². The van der Waals surface area contributed by atoms with Crippen molar-refractivity contribution in [2.45, 2.75) is 19.3 Å². The molecule has 0 spiro atoms. The highest BCUT2D eigenvalue weighted by Gasteiger charge is 2.28. The Morgan fingerprint density at radius 2 is 2.12 bits per heavy atom. The van der Waals surface area contributed by atoms with Crippen molar-refractivity contribution in [1.29, 1.82) is 0 Å². The molecule has 134 valence electrons. The molecule has 1 aromatic carbocycles. The van der Waals surface area contributed by atoms with E-state index >= 15 is 0 Å². The van der Waals surface area contributed by atoms with Crippen molar-refractivity contribution in [1.82, 2.24) is 5.32 Å². The first-order chi connectivity index (χ1) is 11.9. The van der Waals surface area contributed by atoms with Crippen LogP contribution in [0.1, 0.15) is 28.8 Å². The molecule has 0 aromatic heterocycles. The highest BCUT2D eigenvalue weighted by Crippen LogP contribution is 2.28. The van der Waals surface area contributed by atoms with Crippen LogP contribution >= 0.6 is 0 Å². The van der Waals surface area contributed by atoms with Gasteiger partial charge in [0.25, 0.3) is 5.91 Å². The molecule has 1 aromatic rings. The van der Waals surface area contributed by atoms with Gasteiger partial charge in [-0.15, -0.1) is 0 Å². The summed E-state index contributed by atoms with van der Waals surface area (Å²) < 4.78 is 0. The molecule has 0 saturated heterocycles. The predicted molar refractivity (Wildman–Crippen MR) is 92.1 cm³/mol. The normalized spacial score (nSPS) is 15.7. The van der Waals surface area contributed by atoms with Crippen molar-refractivity contribution < 1.29 is 19.5 Å². The number of anilines is 1. The zero-order valence-corrected chi connectivity index (χ0v) is 13.6. The first-order valence-electron chi connectivity index (χ1n) is 7.86. The smallest absolute Gasteiger partial charge is 0.304 e. The average Bonchev–Trinajstić information content (AvgIpc) is 2.54. The van der Waals surface area contributed by atoms with Crippen molar-refractivity contribution in [2.24, 2.45) is 22.4 Å². The number of fused-ring (bicyclic) bond motifs is 1. The number of nitrogens with two attached hydrogens (primary N) is 2. The summed E-state index contributed by atoms with van der Waals surface area (Å²) >= 11 is 0. The molecular formula is C16H21N5O4. The Labute approximate surface area is 144 Å². The molecule has 7 N–H and O–H groups in total. The molecule has 1 aliphatic heterocycles. The Morgan fingerprint density at radius 1 is 1.36 bits per heavy atom. The summed E-state index contributed by atoms with van der Waals surface area (Å²) in [5.41, 5.74) is 12.2. The van der Waals surface area contributed by atoms with E-state index in [1.807, 2.05) is 0 Å². The van der Waals surface area contributed by atoms with Gasteiger partial charge >= 0.3 is 5.97 Å². The van der Waals surface area contributed by atoms with Gasteiger partial charge in [0.1, 0.15) is 0 Å². The number of nitrogens with zero attached hydrogens (tertiary/aromatic N) is 1. The zero-order valence-electron chi connectivity index (χ0n) is 13.6. The SMILES string of the molecule is NC(N)=NCCCNC(=O)c1ccc2c(c1)NC(=O)C(CC(=O)O)C2. The van der Waals surface area contributed by atoms with Crippen LogP contribution in [0.5, 0.6) is 0 Å². The molecule has 0 radical (unpaired) electrons. The number of hydrogen-bond acceptors (Lipinski definition) is 4. The Morgan fingerprint density at radius 3 is 2.80 bits per heavy atom. The zero-order chi connectivity index (χ0) is 18.4. The summed E-state index contributed by atoms with van der Waals surface area (Å²) in [6.45, 7) is 0.841. The number of rotatable bonds is 7. The third-order valence-corrected chi connectivity index (χ3v) is 3.80. The highest BCUT2D eigenvalue weighted by atomic mass is 16.4. The lowest BCUT2D eigenvalue weighted by atomic mass is 9.90. The minimum Gasteiger partial charge on any atom is -0.481 e. The number of hydrogen-bond donors (Lipinski definition) is 5. The Kier molecular flexibility index (Phi) is 5.93. The first-order valence-corrected chi connectivity index (χ1v) is 7.86. The number of amides is 2. The number of guanidine groups is 1. The number of aliphatic imine (C=N–C) groups is 1. The second-order valence-corrected chi connectivity index (χ2v) is 5.78. The second kappa shape index (κ2) is 8.13. The molecule has 2 rings (SSSR count). The Hall–Kier alpha value is -3.10. The summed E-state index contributed by atoms with van der Waals surface area (Å²) in [4.78, 5) is 38.7. The van der Waals surface area contributed by atoms with Crippen LogP contribution in [0.25, 0.3) is 0 Å². The van der Waals surface area contributed by atoms with Gasteiger partial charge in [-0.1, -0.05) is 6.07 Å². The van der Waals surface area contributed by atoms with Gasteiger partial charge in [-0.3, -0.25) is 19.4 Å². The lowest BCUT2D eigenvalue weighted by Gasteiger charge is -2.24. The standard InChI is InChI=1S/C16H21N5O4/c17-16(18)20-5-1-4-19-14(24)10-3-2-9-6-11(8-13(22)23)15(25)21-12(9)7-10/h2-3,7,11H,1,4-6,8H2,(H,19,24)(H,21,25)(H,22,23)(H4,17,18,20). The Bertz CT molecular complexity index is 712. The van der Waals surface area contributed by atoms with E-state index in [2.05, 4.69) is 15.6 Å². The molecule has 1 unspecified atom stereocenters. The van der Waals surface area contributed by atoms with E-state index in [0.717, 1.165) is 5.56 Å². The summed E-state index contributed by atoms with van der Waals surface area (Å²) in [7, 11) is 0. The molecule has 2 amide bonds. The van der Waals surface area contributed by atoms with Crippen LogP contribution < -0.4 is 22.1 Å². The fourth-order valence-corrected chi connectivity index (χ4v) is 2.57. The third kappa shape index (κ3) is 5.20. The van der Waals surface area contributed by atoms with E-state index in [1.165, 1.54) is 0 Å². The summed E-state index contributed by atoms with van der Waals surface area (Å²) in [5, 5.41) is 14.3. The van der Waals surface area contributed by atoms with Gasteiger partial charge in [0, 0.05) is 24.3 Å². The van der Waals surface area contributed by atoms with Crippen LogP contribution in [0.3, 0.4) is 0 Å². The van der Waals surface area contributed by atoms with Crippen molar-refractivity contribution in [2.75, 3.05) is 18.4 Å². The van der Waals surface area contributed by atoms with Crippen LogP contribution in [0.4, 0.5) is 5.69 Å². The lowest BCUT2D eigenvalue weighted by molar-refractivity contribution is -0.140. The maximum absolute atomic E-state index is 12.1. The summed E-state index contributed by atoms with van der Waals surface area (Å²) in [6.07, 6.45) is 0.722. The van der Waals surface area contributed by atoms with Crippen molar-refractivity contribution in [3.8, 4) is 0 Å². The van der Waals surface area contributed by atoms with Gasteiger partial charge in [0.2, 0.25) is 5.91 Å². The van der Waals surface area contributed by atoms with E-state index in [1.54, 1.807) is 18.2 Å². The minimum atomic E-state index is -1.01. The number of carbonyl (C=O) groups excluding carboxylic acids is 2. The molecule has 1 atom stereocenters. The predicted octanol–water partition coefficient (Wildman–Crippen LogP) is -0.335. The molecule has 1 aliphatic rings. The van der Waals surface area contributed by atoms with E-state index in [-0.39, 0.29) is 24.2 Å². The highest BCUT2D eigenvalue weighted by molar-refractivity contribution is 6.00. The number of carboxylic acid groups (broad SMARTS) is 1. The van der Waals surface area contributed by atoms with Crippen molar-refractivity contribution >= 4 is 29.4 Å². The topological polar surface area (TPSA) is 160 Å². The molecule has 0 saturated carbocycles. The second-order valence-electron chi connectivity index (χ2n) is 5.78. The minimum absolute atomic E-state index is 0.0120. The maximum Gasteiger partial charge on any atom is 0.304 e. The van der Waals surface area contributed by atoms with Crippen LogP contribution in [-0.4, -0.2) is 41.9 Å². The van der Waals surface area contributed by atoms with Crippen LogP contribution in [-0.2, 0) is 16.0 Å². The number of nitrogens with one attached hydrogen (secondary N) is 2. The molecule has 0 fully saturated rings. The van der Waals surface area contributed by atoms with E-state index in [0.29, 0.717) is 37.2 Å². The molecule has 9 heteroatoms. The van der Waals surface area contributed by atoms with Gasteiger partial charge in [0.15, 0.2) is 5.96 Å². The maximum atomic E-state index is 12.1. The fourth-order valence-electron chi connectivity index (χ4n) is 2.57. The van der Waals surface area contributed by atoms with Crippen LogP contribution in [0.2, 0.25) is 0 Å². The first kappa shape index (κ1) is 18.2. The number of aliphatic carboxylic acids is 1. The molecule has 25 heavy (non-hydrogen) atoms. The van der Waals surface area contributed by atoms with Gasteiger partial charge in [0.05, 0.1) is 12.3 Å². The van der Waals surface area contributed by atoms with Crippen LogP contribution in [0.15, 0.2) is 23.2 Å². The number of benzene rings is 1. The quantitative estimate of drug-likeness (QED) is 0.258. The molecule has 0 aliphatic carbocycles. The van der Waals surface area contributed by atoms with Gasteiger partial charge in [-0.05, 0) is 30.5 Å². The van der Waals surface area contributed by atoms with Gasteiger partial charge < -0.3 is 27.2 Å². The summed E-state index contributed by atoms with van der Waals surface area (Å²) in [5.74, 6) is -2.21. The largest absolute Gasteiger partial charge is 0.481 e. The van der Waals surface area contributed by atoms with Gasteiger partial charge in [-0.25, -0.2) is 0 Å². The monoisotopic (exact) mass is 347 g/mol. The number of carboxylic acids is 1. The lowest BCUT2D eigenvalue weighted by Crippen LogP contribution is -2.32. The molecular weight excluding hydrogens is 326 g/mol. The van der Waals surface area contributed by atoms with E-state index in [4.69, 9.17) is 16.6 Å². The fraction of sp³-hybridized carbons (Fsp3) is 0.375. The van der Waals surface area contributed by atoms with E-state index in [9.17, 15) is 14.4 Å². The molecule has 9 nitrogen and oxygen atoms in total. The number of carbonyl (C=O) groups is 3. The molecule has 1 heterocycles.